The van der Waals surface area contributed by atoms with Crippen LogP contribution in [0.25, 0.3) is 11.1 Å². The molecule has 0 spiro atoms. The number of carboxylic acid groups (broad SMARTS) is 1. The van der Waals surface area contributed by atoms with E-state index in [9.17, 15) is 14.4 Å². The molecule has 0 radical (unpaired) electrons. The van der Waals surface area contributed by atoms with Crippen LogP contribution in [-0.4, -0.2) is 62.0 Å². The van der Waals surface area contributed by atoms with Crippen LogP contribution in [0, 0.1) is 0 Å². The molecular weight excluding hydrogens is 450 g/mol. The molecule has 0 aromatic heterocycles. The van der Waals surface area contributed by atoms with E-state index in [0.29, 0.717) is 25.8 Å². The van der Waals surface area contributed by atoms with Gasteiger partial charge in [-0.3, -0.25) is 9.59 Å². The van der Waals surface area contributed by atoms with Crippen molar-refractivity contribution in [2.75, 3.05) is 32.9 Å². The maximum Gasteiger partial charge on any atom is 0.407 e. The number of carbonyl (C=O) groups is 3. The summed E-state index contributed by atoms with van der Waals surface area (Å²) >= 11 is 0. The SMILES string of the molecule is N[C@@H](CCCCNC(=O)OCC1c2ccccc2-c2ccccc21)C(=O)NCCOCCC(=O)O. The Bertz CT molecular complexity index is 967. The van der Waals surface area contributed by atoms with E-state index in [1.165, 1.54) is 22.3 Å². The monoisotopic (exact) mass is 483 g/mol. The Kier molecular flexibility index (Phi) is 10.1. The van der Waals surface area contributed by atoms with E-state index in [1.54, 1.807) is 0 Å². The van der Waals surface area contributed by atoms with Crippen LogP contribution >= 0.6 is 0 Å². The highest BCUT2D eigenvalue weighted by atomic mass is 16.5. The molecule has 0 unspecified atom stereocenters. The third kappa shape index (κ3) is 7.80. The summed E-state index contributed by atoms with van der Waals surface area (Å²) in [4.78, 5) is 34.5. The number of aliphatic carboxylic acids is 1. The first-order valence-corrected chi connectivity index (χ1v) is 11.9. The molecule has 35 heavy (non-hydrogen) atoms. The van der Waals surface area contributed by atoms with Gasteiger partial charge >= 0.3 is 12.1 Å². The number of ether oxygens (including phenoxy) is 2. The fraction of sp³-hybridized carbons (Fsp3) is 0.423. The second-order valence-corrected chi connectivity index (χ2v) is 8.40. The van der Waals surface area contributed by atoms with E-state index in [0.717, 1.165) is 0 Å². The predicted molar refractivity (Wildman–Crippen MR) is 131 cm³/mol. The number of hydrogen-bond acceptors (Lipinski definition) is 6. The van der Waals surface area contributed by atoms with Crippen molar-refractivity contribution in [2.45, 2.75) is 37.6 Å². The summed E-state index contributed by atoms with van der Waals surface area (Å²) in [5.74, 6) is -1.19. The Morgan fingerprint density at radius 1 is 0.914 bits per heavy atom. The van der Waals surface area contributed by atoms with Gasteiger partial charge in [0.15, 0.2) is 0 Å². The number of benzene rings is 2. The largest absolute Gasteiger partial charge is 0.481 e. The first kappa shape index (κ1) is 26.2. The van der Waals surface area contributed by atoms with Crippen molar-refractivity contribution in [3.8, 4) is 11.1 Å². The highest BCUT2D eigenvalue weighted by Gasteiger charge is 2.28. The van der Waals surface area contributed by atoms with Crippen molar-refractivity contribution in [1.29, 1.82) is 0 Å². The number of amides is 2. The fourth-order valence-corrected chi connectivity index (χ4v) is 4.10. The van der Waals surface area contributed by atoms with Crippen LogP contribution in [0.5, 0.6) is 0 Å². The second-order valence-electron chi connectivity index (χ2n) is 8.40. The Balaban J connectivity index is 1.28. The maximum atomic E-state index is 12.2. The lowest BCUT2D eigenvalue weighted by molar-refractivity contribution is -0.138. The van der Waals surface area contributed by atoms with Gasteiger partial charge in [0.1, 0.15) is 6.61 Å². The smallest absolute Gasteiger partial charge is 0.407 e. The van der Waals surface area contributed by atoms with Crippen LogP contribution in [0.3, 0.4) is 0 Å². The maximum absolute atomic E-state index is 12.2. The summed E-state index contributed by atoms with van der Waals surface area (Å²) in [6.07, 6.45) is 1.30. The third-order valence-electron chi connectivity index (χ3n) is 5.90. The van der Waals surface area contributed by atoms with E-state index < -0.39 is 18.1 Å². The van der Waals surface area contributed by atoms with Crippen molar-refractivity contribution in [3.05, 3.63) is 59.7 Å². The Hall–Kier alpha value is -3.43. The summed E-state index contributed by atoms with van der Waals surface area (Å²) in [5.41, 5.74) is 10.6. The minimum absolute atomic E-state index is 0.0206. The van der Waals surface area contributed by atoms with Gasteiger partial charge in [-0.15, -0.1) is 0 Å². The number of unbranched alkanes of at least 4 members (excludes halogenated alkanes) is 1. The molecule has 188 valence electrons. The molecule has 1 aliphatic carbocycles. The van der Waals surface area contributed by atoms with E-state index >= 15 is 0 Å². The van der Waals surface area contributed by atoms with Crippen LogP contribution in [0.1, 0.15) is 42.7 Å². The van der Waals surface area contributed by atoms with E-state index in [4.69, 9.17) is 20.3 Å². The number of fused-ring (bicyclic) bond motifs is 3. The van der Waals surface area contributed by atoms with Gasteiger partial charge in [-0.25, -0.2) is 4.79 Å². The molecule has 0 saturated carbocycles. The highest BCUT2D eigenvalue weighted by molar-refractivity contribution is 5.81. The number of alkyl carbamates (subject to hydrolysis) is 1. The number of rotatable bonds is 14. The summed E-state index contributed by atoms with van der Waals surface area (Å²) in [6.45, 7) is 1.31. The van der Waals surface area contributed by atoms with Crippen LogP contribution in [0.4, 0.5) is 4.79 Å². The van der Waals surface area contributed by atoms with E-state index in [1.807, 2.05) is 24.3 Å². The predicted octanol–water partition coefficient (Wildman–Crippen LogP) is 2.63. The van der Waals surface area contributed by atoms with Gasteiger partial charge in [-0.2, -0.15) is 0 Å². The topological polar surface area (TPSA) is 140 Å². The van der Waals surface area contributed by atoms with Gasteiger partial charge < -0.3 is 30.9 Å². The molecule has 9 nitrogen and oxygen atoms in total. The first-order valence-electron chi connectivity index (χ1n) is 11.9. The molecule has 0 bridgehead atoms. The molecular formula is C26H33N3O6. The summed E-state index contributed by atoms with van der Waals surface area (Å²) < 4.78 is 10.6. The van der Waals surface area contributed by atoms with Crippen molar-refractivity contribution in [3.63, 3.8) is 0 Å². The minimum Gasteiger partial charge on any atom is -0.481 e. The molecule has 3 rings (SSSR count). The normalized spacial score (nSPS) is 12.9. The standard InChI is InChI=1S/C26H33N3O6/c27-23(25(32)28-14-16-34-15-12-24(30)31)11-5-6-13-29-26(33)35-17-22-20-9-3-1-7-18(20)19-8-2-4-10-21(19)22/h1-4,7-10,22-23H,5-6,11-17,27H2,(H,28,32)(H,29,33)(H,30,31)/t23-/m0/s1. The zero-order valence-electron chi connectivity index (χ0n) is 19.7. The van der Waals surface area contributed by atoms with Gasteiger partial charge in [0, 0.05) is 19.0 Å². The van der Waals surface area contributed by atoms with Gasteiger partial charge in [-0.1, -0.05) is 48.5 Å². The molecule has 0 aliphatic heterocycles. The number of nitrogens with one attached hydrogen (secondary N) is 2. The van der Waals surface area contributed by atoms with Crippen molar-refractivity contribution < 1.29 is 29.0 Å². The highest BCUT2D eigenvalue weighted by Crippen LogP contribution is 2.44. The number of carboxylic acids is 1. The fourth-order valence-electron chi connectivity index (χ4n) is 4.10. The van der Waals surface area contributed by atoms with Crippen LogP contribution in [0.2, 0.25) is 0 Å². The molecule has 5 N–H and O–H groups in total. The third-order valence-corrected chi connectivity index (χ3v) is 5.90. The molecule has 1 aliphatic rings. The number of nitrogens with two attached hydrogens (primary N) is 1. The zero-order chi connectivity index (χ0) is 25.0. The van der Waals surface area contributed by atoms with Crippen molar-refractivity contribution in [2.24, 2.45) is 5.73 Å². The average Bonchev–Trinajstić information content (AvgIpc) is 3.18. The van der Waals surface area contributed by atoms with Gasteiger partial charge in [-0.05, 0) is 41.5 Å². The lowest BCUT2D eigenvalue weighted by atomic mass is 9.98. The van der Waals surface area contributed by atoms with Crippen LogP contribution in [0.15, 0.2) is 48.5 Å². The molecule has 9 heteroatoms. The molecule has 1 atom stereocenters. The Labute approximate surface area is 205 Å². The number of hydrogen-bond donors (Lipinski definition) is 4. The molecule has 2 amide bonds. The van der Waals surface area contributed by atoms with Crippen LogP contribution in [-0.2, 0) is 19.1 Å². The summed E-state index contributed by atoms with van der Waals surface area (Å²) in [7, 11) is 0. The molecule has 0 saturated heterocycles. The molecule has 2 aromatic carbocycles. The molecule has 0 fully saturated rings. The molecule has 2 aromatic rings. The Morgan fingerprint density at radius 2 is 1.57 bits per heavy atom. The molecule has 0 heterocycles. The van der Waals surface area contributed by atoms with Gasteiger partial charge in [0.25, 0.3) is 0 Å². The summed E-state index contributed by atoms with van der Waals surface area (Å²) in [6, 6.07) is 15.7. The second kappa shape index (κ2) is 13.5. The minimum atomic E-state index is -0.927. The lowest BCUT2D eigenvalue weighted by Crippen LogP contribution is -2.41. The van der Waals surface area contributed by atoms with Crippen molar-refractivity contribution in [1.82, 2.24) is 10.6 Å². The Morgan fingerprint density at radius 3 is 2.23 bits per heavy atom. The lowest BCUT2D eigenvalue weighted by Gasteiger charge is -2.15. The van der Waals surface area contributed by atoms with E-state index in [2.05, 4.69) is 34.9 Å². The number of carbonyl (C=O) groups excluding carboxylic acids is 2. The van der Waals surface area contributed by atoms with Gasteiger partial charge in [0.05, 0.1) is 25.7 Å². The van der Waals surface area contributed by atoms with E-state index in [-0.39, 0.29) is 44.6 Å². The van der Waals surface area contributed by atoms with Gasteiger partial charge in [0.2, 0.25) is 5.91 Å². The van der Waals surface area contributed by atoms with Crippen molar-refractivity contribution >= 4 is 18.0 Å². The average molecular weight is 484 g/mol. The quantitative estimate of drug-likeness (QED) is 0.303. The van der Waals surface area contributed by atoms with Crippen LogP contribution < -0.4 is 16.4 Å². The summed E-state index contributed by atoms with van der Waals surface area (Å²) in [5, 5.41) is 13.9. The first-order chi connectivity index (χ1) is 17.0. The zero-order valence-corrected chi connectivity index (χ0v) is 19.7.